The molecule has 3 rings (SSSR count). The van der Waals surface area contributed by atoms with E-state index in [1.54, 1.807) is 23.5 Å². The molecule has 1 unspecified atom stereocenters. The number of ether oxygens (including phenoxy) is 1. The quantitative estimate of drug-likeness (QED) is 0.643. The maximum atomic E-state index is 12.3. The van der Waals surface area contributed by atoms with E-state index < -0.39 is 18.4 Å². The minimum Gasteiger partial charge on any atom is -0.481 e. The van der Waals surface area contributed by atoms with E-state index in [0.29, 0.717) is 23.9 Å². The Labute approximate surface area is 167 Å². The molecule has 1 atom stereocenters. The fourth-order valence-electron chi connectivity index (χ4n) is 2.66. The van der Waals surface area contributed by atoms with E-state index in [2.05, 4.69) is 9.72 Å². The summed E-state index contributed by atoms with van der Waals surface area (Å²) in [7, 11) is 0. The van der Waals surface area contributed by atoms with E-state index >= 15 is 0 Å². The molecular formula is C18H17F3N2O3S2. The number of carboxylic acids is 1. The number of halogens is 3. The molecule has 0 saturated carbocycles. The molecule has 0 amide bonds. The number of rotatable bonds is 8. The van der Waals surface area contributed by atoms with Gasteiger partial charge in [0.25, 0.3) is 0 Å². The average molecular weight is 430 g/mol. The number of hydrogen-bond acceptors (Lipinski definition) is 6. The van der Waals surface area contributed by atoms with Gasteiger partial charge in [0.05, 0.1) is 24.8 Å². The van der Waals surface area contributed by atoms with E-state index in [1.165, 1.54) is 17.4 Å². The van der Waals surface area contributed by atoms with E-state index in [4.69, 9.17) is 5.11 Å². The summed E-state index contributed by atoms with van der Waals surface area (Å²) in [6, 6.07) is 3.90. The molecule has 1 aliphatic rings. The Morgan fingerprint density at radius 1 is 1.39 bits per heavy atom. The number of aromatic nitrogens is 1. The number of thiazole rings is 1. The van der Waals surface area contributed by atoms with Crippen LogP contribution in [0.1, 0.15) is 23.4 Å². The Morgan fingerprint density at radius 2 is 2.21 bits per heavy atom. The Hall–Kier alpha value is -2.17. The van der Waals surface area contributed by atoms with E-state index in [0.717, 1.165) is 10.5 Å². The van der Waals surface area contributed by atoms with Gasteiger partial charge in [-0.15, -0.1) is 35.8 Å². The van der Waals surface area contributed by atoms with Crippen LogP contribution < -0.4 is 4.90 Å². The van der Waals surface area contributed by atoms with Crippen molar-refractivity contribution in [3.05, 3.63) is 51.7 Å². The van der Waals surface area contributed by atoms with Gasteiger partial charge in [-0.3, -0.25) is 9.53 Å². The van der Waals surface area contributed by atoms with Gasteiger partial charge in [0.1, 0.15) is 0 Å². The van der Waals surface area contributed by atoms with Crippen molar-refractivity contribution >= 4 is 39.3 Å². The summed E-state index contributed by atoms with van der Waals surface area (Å²) in [6.07, 6.45) is -1.01. The van der Waals surface area contributed by atoms with Crippen molar-refractivity contribution in [1.82, 2.24) is 4.98 Å². The van der Waals surface area contributed by atoms with E-state index in [-0.39, 0.29) is 12.8 Å². The molecule has 150 valence electrons. The van der Waals surface area contributed by atoms with Crippen LogP contribution in [0.3, 0.4) is 0 Å². The zero-order valence-corrected chi connectivity index (χ0v) is 16.2. The highest BCUT2D eigenvalue weighted by molar-refractivity contribution is 7.14. The smallest absolute Gasteiger partial charge is 0.481 e. The molecule has 1 N–H and O–H groups in total. The van der Waals surface area contributed by atoms with Crippen LogP contribution in [0.25, 0.3) is 5.57 Å². The van der Waals surface area contributed by atoms with Crippen molar-refractivity contribution in [1.29, 1.82) is 0 Å². The zero-order valence-electron chi connectivity index (χ0n) is 14.6. The minimum atomic E-state index is -4.67. The van der Waals surface area contributed by atoms with Crippen LogP contribution in [0.5, 0.6) is 0 Å². The minimum absolute atomic E-state index is 0.0145. The number of carboxylic acid groups (broad SMARTS) is 1. The summed E-state index contributed by atoms with van der Waals surface area (Å²) in [6.45, 7) is 0.866. The second-order valence-electron chi connectivity index (χ2n) is 6.02. The molecule has 28 heavy (non-hydrogen) atoms. The molecule has 0 saturated heterocycles. The lowest BCUT2D eigenvalue weighted by molar-refractivity contribution is -0.335. The SMILES string of the molecule is O=C(O)CCN(Cc1cccs1)c1nc(C2=CCC(OC(F)(F)F)C=C2)cs1. The molecule has 1 aliphatic carbocycles. The fourth-order valence-corrected chi connectivity index (χ4v) is 4.24. The molecule has 0 radical (unpaired) electrons. The maximum Gasteiger partial charge on any atom is 0.523 e. The molecule has 0 bridgehead atoms. The number of carbonyl (C=O) groups is 1. The first-order valence-corrected chi connectivity index (χ1v) is 10.1. The molecule has 5 nitrogen and oxygen atoms in total. The lowest BCUT2D eigenvalue weighted by Crippen LogP contribution is -2.25. The molecule has 0 fully saturated rings. The van der Waals surface area contributed by atoms with Crippen LogP contribution in [0, 0.1) is 0 Å². The first kappa shape index (κ1) is 20.6. The predicted molar refractivity (Wildman–Crippen MR) is 102 cm³/mol. The van der Waals surface area contributed by atoms with Gasteiger partial charge in [0.15, 0.2) is 5.13 Å². The van der Waals surface area contributed by atoms with Gasteiger partial charge < -0.3 is 10.0 Å². The van der Waals surface area contributed by atoms with E-state index in [9.17, 15) is 18.0 Å². The van der Waals surface area contributed by atoms with Crippen LogP contribution in [0.2, 0.25) is 0 Å². The van der Waals surface area contributed by atoms with Crippen LogP contribution in [-0.4, -0.2) is 35.1 Å². The fraction of sp³-hybridized carbons (Fsp3) is 0.333. The summed E-state index contributed by atoms with van der Waals surface area (Å²) in [5.74, 6) is -0.887. The summed E-state index contributed by atoms with van der Waals surface area (Å²) < 4.78 is 40.9. The second-order valence-corrected chi connectivity index (χ2v) is 7.89. The monoisotopic (exact) mass is 430 g/mol. The Bertz CT molecular complexity index is 860. The van der Waals surface area contributed by atoms with Gasteiger partial charge in [-0.05, 0) is 23.4 Å². The Kier molecular flexibility index (Phi) is 6.53. The summed E-state index contributed by atoms with van der Waals surface area (Å²) in [5, 5.41) is 13.4. The highest BCUT2D eigenvalue weighted by atomic mass is 32.1. The third-order valence-corrected chi connectivity index (χ3v) is 5.69. The lowest BCUT2D eigenvalue weighted by atomic mass is 10.0. The third-order valence-electron chi connectivity index (χ3n) is 3.93. The summed E-state index contributed by atoms with van der Waals surface area (Å²) in [5.41, 5.74) is 1.37. The standard InChI is InChI=1S/C18H17F3N2O3S2/c19-18(20,21)26-13-5-3-12(4-6-13)15-11-28-17(22-15)23(8-7-16(24)25)10-14-2-1-9-27-14/h1-5,9,11,13H,6-8,10H2,(H,24,25). The highest BCUT2D eigenvalue weighted by Crippen LogP contribution is 2.31. The normalized spacial score (nSPS) is 16.8. The molecule has 0 spiro atoms. The maximum absolute atomic E-state index is 12.3. The van der Waals surface area contributed by atoms with Gasteiger partial charge in [-0.25, -0.2) is 4.98 Å². The number of alkyl halides is 3. The molecule has 2 aromatic heterocycles. The highest BCUT2D eigenvalue weighted by Gasteiger charge is 2.33. The van der Waals surface area contributed by atoms with Crippen LogP contribution in [0.15, 0.2) is 41.1 Å². The largest absolute Gasteiger partial charge is 0.523 e. The molecule has 2 heterocycles. The number of hydrogen-bond donors (Lipinski definition) is 1. The Morgan fingerprint density at radius 3 is 2.82 bits per heavy atom. The Balaban J connectivity index is 1.70. The molecule has 2 aromatic rings. The number of allylic oxidation sites excluding steroid dienone is 2. The number of anilines is 1. The molecule has 0 aliphatic heterocycles. The van der Waals surface area contributed by atoms with Crippen molar-refractivity contribution < 1.29 is 27.8 Å². The lowest BCUT2D eigenvalue weighted by Gasteiger charge is -2.20. The van der Waals surface area contributed by atoms with Crippen molar-refractivity contribution in [3.63, 3.8) is 0 Å². The zero-order chi connectivity index (χ0) is 20.1. The molecule has 10 heteroatoms. The van der Waals surface area contributed by atoms with Gasteiger partial charge >= 0.3 is 12.3 Å². The van der Waals surface area contributed by atoms with Crippen molar-refractivity contribution in [2.45, 2.75) is 31.9 Å². The molecular weight excluding hydrogens is 413 g/mol. The third kappa shape index (κ3) is 5.91. The van der Waals surface area contributed by atoms with Crippen LogP contribution in [0.4, 0.5) is 18.3 Å². The van der Waals surface area contributed by atoms with Crippen LogP contribution in [-0.2, 0) is 16.1 Å². The van der Waals surface area contributed by atoms with Gasteiger partial charge in [0, 0.05) is 16.8 Å². The average Bonchev–Trinajstić information content (AvgIpc) is 3.29. The summed E-state index contributed by atoms with van der Waals surface area (Å²) >= 11 is 2.96. The first-order valence-electron chi connectivity index (χ1n) is 8.38. The van der Waals surface area contributed by atoms with Crippen molar-refractivity contribution in [3.8, 4) is 0 Å². The van der Waals surface area contributed by atoms with Crippen molar-refractivity contribution in [2.24, 2.45) is 0 Å². The van der Waals surface area contributed by atoms with Gasteiger partial charge in [-0.2, -0.15) is 0 Å². The first-order chi connectivity index (χ1) is 13.3. The van der Waals surface area contributed by atoms with E-state index in [1.807, 2.05) is 27.8 Å². The summed E-state index contributed by atoms with van der Waals surface area (Å²) in [4.78, 5) is 18.5. The number of aliphatic carboxylic acids is 1. The van der Waals surface area contributed by atoms with Gasteiger partial charge in [-0.1, -0.05) is 24.3 Å². The topological polar surface area (TPSA) is 62.7 Å². The number of nitrogens with zero attached hydrogens (tertiary/aromatic N) is 2. The number of thiophene rings is 1. The second kappa shape index (κ2) is 8.89. The van der Waals surface area contributed by atoms with Crippen molar-refractivity contribution in [2.75, 3.05) is 11.4 Å². The predicted octanol–water partition coefficient (Wildman–Crippen LogP) is 4.93. The van der Waals surface area contributed by atoms with Gasteiger partial charge in [0.2, 0.25) is 0 Å². The molecule has 0 aromatic carbocycles. The van der Waals surface area contributed by atoms with Crippen LogP contribution >= 0.6 is 22.7 Å².